The summed E-state index contributed by atoms with van der Waals surface area (Å²) in [5.41, 5.74) is 2.84. The van der Waals surface area contributed by atoms with E-state index in [9.17, 15) is 0 Å². The van der Waals surface area contributed by atoms with Crippen molar-refractivity contribution in [1.29, 1.82) is 0 Å². The zero-order chi connectivity index (χ0) is 24.2. The molecule has 1 nitrogen and oxygen atoms in total. The van der Waals surface area contributed by atoms with Crippen LogP contribution in [0.1, 0.15) is 106 Å². The lowest BCUT2D eigenvalue weighted by Crippen LogP contribution is -2.51. The molecule has 0 amide bonds. The second-order valence-corrected chi connectivity index (χ2v) is 19.3. The third-order valence-electron chi connectivity index (χ3n) is 11.6. The van der Waals surface area contributed by atoms with Crippen LogP contribution >= 0.6 is 0 Å². The van der Waals surface area contributed by atoms with E-state index in [0.717, 1.165) is 41.4 Å². The Bertz CT molecular complexity index is 719. The smallest absolute Gasteiger partial charge is 0.184 e. The highest BCUT2D eigenvalue weighted by atomic mass is 28.4. The Morgan fingerprint density at radius 1 is 0.939 bits per heavy atom. The lowest BCUT2D eigenvalue weighted by Gasteiger charge is -2.58. The number of hydrogen-bond donors (Lipinski definition) is 0. The van der Waals surface area contributed by atoms with Crippen molar-refractivity contribution in [3.63, 3.8) is 0 Å². The molecule has 0 radical (unpaired) electrons. The molecule has 3 fully saturated rings. The van der Waals surface area contributed by atoms with Gasteiger partial charge in [0.25, 0.3) is 0 Å². The molecule has 3 saturated carbocycles. The molecule has 0 aliphatic heterocycles. The van der Waals surface area contributed by atoms with E-state index in [0.29, 0.717) is 16.9 Å². The van der Waals surface area contributed by atoms with Crippen molar-refractivity contribution < 1.29 is 4.43 Å². The molecule has 0 heterocycles. The first-order valence-electron chi connectivity index (χ1n) is 14.7. The van der Waals surface area contributed by atoms with Gasteiger partial charge in [0, 0.05) is 6.10 Å². The Kier molecular flexibility index (Phi) is 7.42. The first kappa shape index (κ1) is 26.0. The Hall–Kier alpha value is -0.0831. The van der Waals surface area contributed by atoms with Crippen LogP contribution in [0, 0.1) is 52.3 Å². The quantitative estimate of drug-likeness (QED) is 0.265. The minimum Gasteiger partial charge on any atom is -0.414 e. The molecule has 4 rings (SSSR count). The molecule has 0 aromatic rings. The predicted molar refractivity (Wildman–Crippen MR) is 146 cm³/mol. The van der Waals surface area contributed by atoms with Crippen molar-refractivity contribution in [2.75, 3.05) is 0 Å². The van der Waals surface area contributed by atoms with E-state index in [1.165, 1.54) is 64.2 Å². The van der Waals surface area contributed by atoms with E-state index < -0.39 is 8.32 Å². The molecule has 190 valence electrons. The number of rotatable bonds is 7. The maximum Gasteiger partial charge on any atom is 0.184 e. The zero-order valence-corrected chi connectivity index (χ0v) is 24.7. The Labute approximate surface area is 208 Å². The fraction of sp³-hybridized carbons (Fsp3) is 0.935. The van der Waals surface area contributed by atoms with Gasteiger partial charge in [-0.25, -0.2) is 0 Å². The second-order valence-electron chi connectivity index (χ2n) is 14.9. The van der Waals surface area contributed by atoms with Gasteiger partial charge in [-0.05, 0) is 123 Å². The van der Waals surface area contributed by atoms with Gasteiger partial charge in [0.15, 0.2) is 8.32 Å². The zero-order valence-electron chi connectivity index (χ0n) is 23.7. The summed E-state index contributed by atoms with van der Waals surface area (Å²) >= 11 is 0. The number of hydrogen-bond acceptors (Lipinski definition) is 1. The van der Waals surface area contributed by atoms with Gasteiger partial charge in [-0.2, -0.15) is 0 Å². The van der Waals surface area contributed by atoms with Crippen LogP contribution < -0.4 is 0 Å². The maximum atomic E-state index is 6.59. The van der Waals surface area contributed by atoms with Gasteiger partial charge in [-0.1, -0.05) is 66.0 Å². The first-order valence-corrected chi connectivity index (χ1v) is 18.1. The van der Waals surface area contributed by atoms with Crippen molar-refractivity contribution in [3.8, 4) is 0 Å². The van der Waals surface area contributed by atoms with E-state index in [1.807, 2.05) is 0 Å². The summed E-state index contributed by atoms with van der Waals surface area (Å²) in [6.07, 6.45) is 17.3. The molecule has 0 saturated heterocycles. The predicted octanol–water partition coefficient (Wildman–Crippen LogP) is 9.49. The summed E-state index contributed by atoms with van der Waals surface area (Å²) in [6, 6.07) is 0. The minimum absolute atomic E-state index is 0.458. The summed E-state index contributed by atoms with van der Waals surface area (Å²) in [7, 11) is -1.45. The van der Waals surface area contributed by atoms with Gasteiger partial charge >= 0.3 is 0 Å². The van der Waals surface area contributed by atoms with Crippen LogP contribution in [0.2, 0.25) is 19.6 Å². The molecule has 4 aliphatic rings. The molecular formula is C31H56OSi. The third-order valence-corrected chi connectivity index (χ3v) is 12.6. The van der Waals surface area contributed by atoms with Crippen molar-refractivity contribution in [2.45, 2.75) is 131 Å². The number of fused-ring (bicyclic) bond motifs is 5. The molecule has 2 heteroatoms. The minimum atomic E-state index is -1.45. The average Bonchev–Trinajstić information content (AvgIpc) is 3.08. The van der Waals surface area contributed by atoms with Crippen molar-refractivity contribution in [2.24, 2.45) is 52.3 Å². The van der Waals surface area contributed by atoms with E-state index in [1.54, 1.807) is 5.57 Å². The largest absolute Gasteiger partial charge is 0.414 e. The maximum absolute atomic E-state index is 6.59. The fourth-order valence-corrected chi connectivity index (χ4v) is 10.5. The van der Waals surface area contributed by atoms with Crippen LogP contribution in [-0.4, -0.2) is 14.4 Å². The van der Waals surface area contributed by atoms with Crippen LogP contribution in [0.25, 0.3) is 0 Å². The van der Waals surface area contributed by atoms with Gasteiger partial charge in [0.1, 0.15) is 0 Å². The summed E-state index contributed by atoms with van der Waals surface area (Å²) in [5.74, 6) is 6.40. The van der Waals surface area contributed by atoms with Crippen LogP contribution in [0.4, 0.5) is 0 Å². The van der Waals surface area contributed by atoms with E-state index in [-0.39, 0.29) is 0 Å². The van der Waals surface area contributed by atoms with E-state index in [4.69, 9.17) is 4.43 Å². The molecule has 0 aromatic heterocycles. The molecule has 0 N–H and O–H groups in total. The third kappa shape index (κ3) is 4.96. The Morgan fingerprint density at radius 2 is 1.67 bits per heavy atom. The Balaban J connectivity index is 1.46. The molecule has 0 aromatic carbocycles. The van der Waals surface area contributed by atoms with Crippen LogP contribution in [0.3, 0.4) is 0 Å². The average molecular weight is 473 g/mol. The number of allylic oxidation sites excluding steroid dienone is 1. The van der Waals surface area contributed by atoms with Gasteiger partial charge in [0.2, 0.25) is 0 Å². The highest BCUT2D eigenvalue weighted by Crippen LogP contribution is 2.67. The van der Waals surface area contributed by atoms with Gasteiger partial charge in [0.05, 0.1) is 0 Å². The standard InChI is InChI=1S/C31H56OSi/c1-21(2)22(3)10-11-23(4)27-14-15-28-26-13-12-24-20-25(32-33(7,8)9)16-18-30(24,5)29(26)17-19-31(27,28)6/h12,21-23,25-29H,10-11,13-20H2,1-9H3/t22?,23-,25+,26+,27-,28+,29+,30+,31-/m1/s1. The normalized spacial score (nSPS) is 42.8. The summed E-state index contributed by atoms with van der Waals surface area (Å²) in [4.78, 5) is 0. The molecule has 0 bridgehead atoms. The van der Waals surface area contributed by atoms with E-state index >= 15 is 0 Å². The molecule has 9 atom stereocenters. The van der Waals surface area contributed by atoms with Gasteiger partial charge in [-0.15, -0.1) is 0 Å². The molecular weight excluding hydrogens is 416 g/mol. The van der Waals surface area contributed by atoms with Crippen molar-refractivity contribution in [1.82, 2.24) is 0 Å². The summed E-state index contributed by atoms with van der Waals surface area (Å²) in [5, 5.41) is 0. The van der Waals surface area contributed by atoms with Crippen LogP contribution in [0.5, 0.6) is 0 Å². The topological polar surface area (TPSA) is 9.23 Å². The highest BCUT2D eigenvalue weighted by Gasteiger charge is 2.59. The summed E-state index contributed by atoms with van der Waals surface area (Å²) < 4.78 is 6.59. The monoisotopic (exact) mass is 472 g/mol. The summed E-state index contributed by atoms with van der Waals surface area (Å²) in [6.45, 7) is 22.3. The van der Waals surface area contributed by atoms with Crippen LogP contribution in [0.15, 0.2) is 11.6 Å². The highest BCUT2D eigenvalue weighted by molar-refractivity contribution is 6.69. The van der Waals surface area contributed by atoms with Crippen molar-refractivity contribution in [3.05, 3.63) is 11.6 Å². The molecule has 33 heavy (non-hydrogen) atoms. The van der Waals surface area contributed by atoms with Gasteiger partial charge < -0.3 is 4.43 Å². The SMILES string of the molecule is CC(C)C(C)CC[C@@H](C)[C@H]1CC[C@H]2[C@@H]3CC=C4C[C@@H](O[Si](C)(C)C)CC[C@]4(C)[C@H]3CC[C@]12C. The van der Waals surface area contributed by atoms with Crippen LogP contribution in [-0.2, 0) is 4.43 Å². The second kappa shape index (κ2) is 9.42. The molecule has 4 aliphatic carbocycles. The molecule has 1 unspecified atom stereocenters. The lowest BCUT2D eigenvalue weighted by molar-refractivity contribution is -0.0565. The molecule has 0 spiro atoms. The lowest BCUT2D eigenvalue weighted by atomic mass is 9.47. The van der Waals surface area contributed by atoms with E-state index in [2.05, 4.69) is 67.3 Å². The first-order chi connectivity index (χ1) is 15.3. The van der Waals surface area contributed by atoms with Crippen molar-refractivity contribution >= 4 is 8.32 Å². The Morgan fingerprint density at radius 3 is 2.33 bits per heavy atom. The van der Waals surface area contributed by atoms with Gasteiger partial charge in [-0.3, -0.25) is 0 Å². The fourth-order valence-electron chi connectivity index (χ4n) is 9.26.